The number of aromatic nitrogens is 2. The molecule has 0 aliphatic rings. The van der Waals surface area contributed by atoms with Gasteiger partial charge in [0.15, 0.2) is 5.58 Å². The summed E-state index contributed by atoms with van der Waals surface area (Å²) in [7, 11) is 0. The van der Waals surface area contributed by atoms with E-state index in [-0.39, 0.29) is 0 Å². The molecule has 78 heavy (non-hydrogen) atoms. The van der Waals surface area contributed by atoms with Crippen LogP contribution in [0.3, 0.4) is 0 Å². The van der Waals surface area contributed by atoms with Crippen molar-refractivity contribution in [3.05, 3.63) is 276 Å². The lowest BCUT2D eigenvalue weighted by atomic mass is 9.98. The number of benzene rings is 12. The van der Waals surface area contributed by atoms with E-state index in [2.05, 4.69) is 284 Å². The molecular formula is C72H44Br2N2O2. The molecule has 12 aromatic carbocycles. The zero-order chi connectivity index (χ0) is 51.8. The van der Waals surface area contributed by atoms with Gasteiger partial charge in [-0.1, -0.05) is 196 Å². The van der Waals surface area contributed by atoms with Crippen molar-refractivity contribution in [1.29, 1.82) is 0 Å². The molecule has 16 aromatic rings. The first kappa shape index (κ1) is 46.1. The molecule has 368 valence electrons. The summed E-state index contributed by atoms with van der Waals surface area (Å²) in [4.78, 5) is 0. The number of hydrogen-bond acceptors (Lipinski definition) is 2. The fraction of sp³-hybridized carbons (Fsp3) is 0. The fourth-order valence-corrected chi connectivity index (χ4v) is 12.6. The molecule has 0 aliphatic heterocycles. The van der Waals surface area contributed by atoms with Gasteiger partial charge in [-0.05, 0) is 148 Å². The fourth-order valence-electron chi connectivity index (χ4n) is 11.8. The van der Waals surface area contributed by atoms with Gasteiger partial charge in [0.05, 0.1) is 38.8 Å². The highest BCUT2D eigenvalue weighted by Gasteiger charge is 2.20. The van der Waals surface area contributed by atoms with Gasteiger partial charge in [-0.15, -0.1) is 0 Å². The van der Waals surface area contributed by atoms with Crippen LogP contribution in [0.15, 0.2) is 285 Å². The van der Waals surface area contributed by atoms with Crippen molar-refractivity contribution in [2.24, 2.45) is 0 Å². The molecule has 0 atom stereocenters. The minimum absolute atomic E-state index is 0.903. The molecule has 0 aliphatic carbocycles. The van der Waals surface area contributed by atoms with Crippen LogP contribution < -0.4 is 0 Å². The Labute approximate surface area is 465 Å². The molecule has 0 fully saturated rings. The standard InChI is InChI=1S/2C36H22BrNO/c37-27-11-6-10-25(21-27)23-8-5-9-24(20-23)26-18-19-33-31(22-26)28-12-1-3-15-32(28)38(33)34-16-7-14-30-29-13-2-4-17-35(29)39-36(30)34;37-27-11-6-10-25(21-27)23-8-5-9-24(20-23)26-18-19-32-30(22-26)28-12-1-3-14-31(28)38(32)33-15-7-17-35-36(33)29-13-2-4-16-34(29)39-35/h2*1-22H. The van der Waals surface area contributed by atoms with Gasteiger partial charge in [-0.2, -0.15) is 0 Å². The maximum atomic E-state index is 6.44. The highest BCUT2D eigenvalue weighted by molar-refractivity contribution is 9.10. The van der Waals surface area contributed by atoms with Gasteiger partial charge in [-0.25, -0.2) is 0 Å². The van der Waals surface area contributed by atoms with Crippen LogP contribution in [0.5, 0.6) is 0 Å². The van der Waals surface area contributed by atoms with Gasteiger partial charge < -0.3 is 18.0 Å². The maximum absolute atomic E-state index is 6.44. The van der Waals surface area contributed by atoms with Crippen molar-refractivity contribution >= 4 is 119 Å². The molecule has 4 aromatic heterocycles. The first-order valence-electron chi connectivity index (χ1n) is 26.1. The Morgan fingerprint density at radius 1 is 0.244 bits per heavy atom. The van der Waals surface area contributed by atoms with Crippen LogP contribution >= 0.6 is 31.9 Å². The van der Waals surface area contributed by atoms with Crippen LogP contribution in [0.4, 0.5) is 0 Å². The smallest absolute Gasteiger partial charge is 0.159 e. The number of furan rings is 2. The molecule has 0 radical (unpaired) electrons. The molecular weight excluding hydrogens is 1080 g/mol. The largest absolute Gasteiger partial charge is 0.456 e. The van der Waals surface area contributed by atoms with Crippen molar-refractivity contribution in [3.63, 3.8) is 0 Å². The zero-order valence-corrected chi connectivity index (χ0v) is 45.0. The average molecular weight is 1130 g/mol. The minimum atomic E-state index is 0.903. The van der Waals surface area contributed by atoms with Crippen molar-refractivity contribution < 1.29 is 8.83 Å². The van der Waals surface area contributed by atoms with Gasteiger partial charge >= 0.3 is 0 Å². The lowest BCUT2D eigenvalue weighted by molar-refractivity contribution is 0.666. The average Bonchev–Trinajstić information content (AvgIpc) is 4.34. The number of rotatable bonds is 6. The molecule has 0 spiro atoms. The number of fused-ring (bicyclic) bond motifs is 12. The molecule has 0 bridgehead atoms. The second kappa shape index (κ2) is 18.8. The van der Waals surface area contributed by atoms with E-state index >= 15 is 0 Å². The SMILES string of the molecule is Brc1cccc(-c2cccc(-c3ccc4c(c3)c3ccccc3n4-c3cccc4c3oc3ccccc34)c2)c1.Brc1cccc(-c2cccc(-c3ccc4c(c3)c3ccccc3n4-c3cccc4oc5ccccc5c34)c2)c1. The third-order valence-corrected chi connectivity index (χ3v) is 16.3. The summed E-state index contributed by atoms with van der Waals surface area (Å²) in [5, 5.41) is 9.48. The van der Waals surface area contributed by atoms with E-state index in [0.29, 0.717) is 0 Å². The normalized spacial score (nSPS) is 11.7. The van der Waals surface area contributed by atoms with Crippen LogP contribution in [0.1, 0.15) is 0 Å². The van der Waals surface area contributed by atoms with Crippen LogP contribution in [0.2, 0.25) is 0 Å². The molecule has 0 unspecified atom stereocenters. The summed E-state index contributed by atoms with van der Waals surface area (Å²) in [5.74, 6) is 0. The van der Waals surface area contributed by atoms with Gasteiger partial charge in [-0.3, -0.25) is 0 Å². The van der Waals surface area contributed by atoms with Gasteiger partial charge in [0.2, 0.25) is 0 Å². The van der Waals surface area contributed by atoms with Gasteiger partial charge in [0.25, 0.3) is 0 Å². The molecule has 16 rings (SSSR count). The molecule has 6 heteroatoms. The Hall–Kier alpha value is -9.20. The Morgan fingerprint density at radius 3 is 1.19 bits per heavy atom. The lowest BCUT2D eigenvalue weighted by Crippen LogP contribution is -1.94. The van der Waals surface area contributed by atoms with E-state index < -0.39 is 0 Å². The van der Waals surface area contributed by atoms with Crippen molar-refractivity contribution in [1.82, 2.24) is 9.13 Å². The first-order valence-corrected chi connectivity index (χ1v) is 27.7. The first-order chi connectivity index (χ1) is 38.5. The van der Waals surface area contributed by atoms with E-state index in [0.717, 1.165) is 69.7 Å². The van der Waals surface area contributed by atoms with Crippen LogP contribution in [0.25, 0.3) is 143 Å². The van der Waals surface area contributed by atoms with Gasteiger partial charge in [0.1, 0.15) is 16.7 Å². The van der Waals surface area contributed by atoms with Crippen LogP contribution in [-0.2, 0) is 0 Å². The third-order valence-electron chi connectivity index (χ3n) is 15.3. The van der Waals surface area contributed by atoms with E-state index in [4.69, 9.17) is 8.83 Å². The van der Waals surface area contributed by atoms with E-state index in [1.165, 1.54) is 82.6 Å². The highest BCUT2D eigenvalue weighted by Crippen LogP contribution is 2.42. The molecule has 0 N–H and O–H groups in total. The predicted octanol–water partition coefficient (Wildman–Crippen LogP) is 21.6. The van der Waals surface area contributed by atoms with Crippen LogP contribution in [-0.4, -0.2) is 9.13 Å². The Bertz CT molecular complexity index is 5030. The molecule has 0 saturated heterocycles. The molecule has 4 heterocycles. The third kappa shape index (κ3) is 7.78. The summed E-state index contributed by atoms with van der Waals surface area (Å²) < 4.78 is 19.6. The maximum Gasteiger partial charge on any atom is 0.159 e. The summed E-state index contributed by atoms with van der Waals surface area (Å²) in [5.41, 5.74) is 20.1. The molecule has 0 saturated carbocycles. The quantitative estimate of drug-likeness (QED) is 0.166. The second-order valence-corrected chi connectivity index (χ2v) is 21.7. The van der Waals surface area contributed by atoms with Crippen molar-refractivity contribution in [3.8, 4) is 55.9 Å². The number of para-hydroxylation sites is 5. The molecule has 4 nitrogen and oxygen atoms in total. The predicted molar refractivity (Wildman–Crippen MR) is 333 cm³/mol. The summed E-state index contributed by atoms with van der Waals surface area (Å²) >= 11 is 7.22. The van der Waals surface area contributed by atoms with Crippen molar-refractivity contribution in [2.75, 3.05) is 0 Å². The van der Waals surface area contributed by atoms with E-state index in [9.17, 15) is 0 Å². The number of hydrogen-bond donors (Lipinski definition) is 0. The van der Waals surface area contributed by atoms with E-state index in [1.54, 1.807) is 0 Å². The van der Waals surface area contributed by atoms with Crippen molar-refractivity contribution in [2.45, 2.75) is 0 Å². The Morgan fingerprint density at radius 2 is 0.628 bits per heavy atom. The number of nitrogens with zero attached hydrogens (tertiary/aromatic N) is 2. The van der Waals surface area contributed by atoms with E-state index in [1.807, 2.05) is 24.3 Å². The topological polar surface area (TPSA) is 36.1 Å². The van der Waals surface area contributed by atoms with Crippen LogP contribution in [0, 0.1) is 0 Å². The number of halogens is 2. The zero-order valence-electron chi connectivity index (χ0n) is 41.9. The Balaban J connectivity index is 0.000000136. The summed E-state index contributed by atoms with van der Waals surface area (Å²) in [6.07, 6.45) is 0. The van der Waals surface area contributed by atoms with Gasteiger partial charge in [0, 0.05) is 46.6 Å². The monoisotopic (exact) mass is 1130 g/mol. The summed E-state index contributed by atoms with van der Waals surface area (Å²) in [6, 6.07) is 94.8. The Kier molecular flexibility index (Phi) is 11.1. The lowest BCUT2D eigenvalue weighted by Gasteiger charge is -2.10. The molecule has 0 amide bonds. The second-order valence-electron chi connectivity index (χ2n) is 19.9. The summed E-state index contributed by atoms with van der Waals surface area (Å²) in [6.45, 7) is 0. The highest BCUT2D eigenvalue weighted by atomic mass is 79.9. The minimum Gasteiger partial charge on any atom is -0.456 e.